The zero-order valence-electron chi connectivity index (χ0n) is 17.2. The molecule has 33 heavy (non-hydrogen) atoms. The Bertz CT molecular complexity index is 1460. The van der Waals surface area contributed by atoms with Crippen molar-refractivity contribution < 1.29 is 17.8 Å². The molecule has 11 heteroatoms. The lowest BCUT2D eigenvalue weighted by molar-refractivity contribution is -0.385. The lowest BCUT2D eigenvalue weighted by atomic mass is 10.2. The number of anilines is 2. The Morgan fingerprint density at radius 3 is 2.48 bits per heavy atom. The maximum Gasteiger partial charge on any atom is 0.270 e. The number of fused-ring (bicyclic) bond motifs is 1. The molecule has 0 atom stereocenters. The quantitative estimate of drug-likeness (QED) is 0.199. The van der Waals surface area contributed by atoms with Crippen LogP contribution in [0.15, 0.2) is 87.2 Å². The van der Waals surface area contributed by atoms with Crippen molar-refractivity contribution in [3.8, 4) is 0 Å². The molecule has 4 aromatic rings. The van der Waals surface area contributed by atoms with Gasteiger partial charge in [0.15, 0.2) is 5.76 Å². The summed E-state index contributed by atoms with van der Waals surface area (Å²) in [6.07, 6.45) is 0. The highest BCUT2D eigenvalue weighted by Crippen LogP contribution is 2.30. The molecule has 0 aliphatic carbocycles. The Labute approximate surface area is 193 Å². The molecular weight excluding hydrogens is 468 g/mol. The molecule has 0 amide bonds. The van der Waals surface area contributed by atoms with Crippen LogP contribution in [0.3, 0.4) is 0 Å². The molecule has 168 valence electrons. The van der Waals surface area contributed by atoms with Crippen LogP contribution in [0.2, 0.25) is 5.02 Å². The molecular formula is C22H17ClN4O5S. The van der Waals surface area contributed by atoms with Gasteiger partial charge in [0.05, 0.1) is 21.3 Å². The SMILES string of the molecule is C/C(=N\Nc1ccc([N+](=O)[O-])cc1S(=O)(=O)Nc1ccccc1Cl)c1cc2ccccc2o1. The van der Waals surface area contributed by atoms with Gasteiger partial charge in [0.2, 0.25) is 0 Å². The van der Waals surface area contributed by atoms with Gasteiger partial charge in [0.25, 0.3) is 15.7 Å². The maximum absolute atomic E-state index is 13.1. The van der Waals surface area contributed by atoms with Gasteiger partial charge in [-0.25, -0.2) is 8.42 Å². The lowest BCUT2D eigenvalue weighted by Crippen LogP contribution is -2.15. The molecule has 4 rings (SSSR count). The van der Waals surface area contributed by atoms with Crippen molar-refractivity contribution in [1.82, 2.24) is 0 Å². The Balaban J connectivity index is 1.70. The van der Waals surface area contributed by atoms with E-state index in [4.69, 9.17) is 16.0 Å². The van der Waals surface area contributed by atoms with Crippen LogP contribution in [0, 0.1) is 10.1 Å². The summed E-state index contributed by atoms with van der Waals surface area (Å²) in [4.78, 5) is 10.2. The molecule has 0 aliphatic rings. The van der Waals surface area contributed by atoms with E-state index >= 15 is 0 Å². The average Bonchev–Trinajstić information content (AvgIpc) is 3.23. The van der Waals surface area contributed by atoms with Gasteiger partial charge in [0.1, 0.15) is 16.2 Å². The van der Waals surface area contributed by atoms with Gasteiger partial charge < -0.3 is 4.42 Å². The number of para-hydroxylation sites is 2. The van der Waals surface area contributed by atoms with Crippen molar-refractivity contribution in [1.29, 1.82) is 0 Å². The monoisotopic (exact) mass is 484 g/mol. The maximum atomic E-state index is 13.1. The average molecular weight is 485 g/mol. The fourth-order valence-corrected chi connectivity index (χ4v) is 4.54. The van der Waals surface area contributed by atoms with E-state index in [1.165, 1.54) is 24.3 Å². The molecule has 2 N–H and O–H groups in total. The topological polar surface area (TPSA) is 127 Å². The lowest BCUT2D eigenvalue weighted by Gasteiger charge is -2.13. The highest BCUT2D eigenvalue weighted by molar-refractivity contribution is 7.93. The zero-order chi connectivity index (χ0) is 23.6. The van der Waals surface area contributed by atoms with E-state index in [0.717, 1.165) is 11.5 Å². The number of nitrogens with one attached hydrogen (secondary N) is 2. The van der Waals surface area contributed by atoms with E-state index in [1.54, 1.807) is 19.1 Å². The van der Waals surface area contributed by atoms with Crippen molar-refractivity contribution in [3.05, 3.63) is 93.7 Å². The third-order valence-electron chi connectivity index (χ3n) is 4.71. The molecule has 0 aliphatic heterocycles. The summed E-state index contributed by atoms with van der Waals surface area (Å²) in [5.74, 6) is 0.490. The smallest absolute Gasteiger partial charge is 0.270 e. The first-order valence-electron chi connectivity index (χ1n) is 9.59. The number of halogens is 1. The standard InChI is InChI=1S/C22H17ClN4O5S/c1-14(21-12-15-6-2-5-9-20(15)32-21)24-25-19-11-10-16(27(28)29)13-22(19)33(30,31)26-18-8-4-3-7-17(18)23/h2-13,25-26H,1H3/b24-14+. The summed E-state index contributed by atoms with van der Waals surface area (Å²) in [6.45, 7) is 1.69. The highest BCUT2D eigenvalue weighted by Gasteiger charge is 2.23. The van der Waals surface area contributed by atoms with Crippen LogP contribution >= 0.6 is 11.6 Å². The number of nitrogens with zero attached hydrogens (tertiary/aromatic N) is 2. The predicted octanol–water partition coefficient (Wildman–Crippen LogP) is 5.63. The molecule has 0 unspecified atom stereocenters. The number of non-ortho nitro benzene ring substituents is 1. The van der Waals surface area contributed by atoms with Crippen molar-refractivity contribution in [2.24, 2.45) is 5.10 Å². The first-order valence-corrected chi connectivity index (χ1v) is 11.5. The van der Waals surface area contributed by atoms with Gasteiger partial charge in [-0.05, 0) is 37.3 Å². The van der Waals surface area contributed by atoms with Crippen LogP contribution in [-0.4, -0.2) is 19.1 Å². The molecule has 0 bridgehead atoms. The molecule has 3 aromatic carbocycles. The molecule has 0 saturated heterocycles. The molecule has 1 heterocycles. The van der Waals surface area contributed by atoms with Crippen LogP contribution in [0.25, 0.3) is 11.0 Å². The highest BCUT2D eigenvalue weighted by atomic mass is 35.5. The Hall–Kier alpha value is -3.89. The number of rotatable bonds is 7. The number of hydrazone groups is 1. The van der Waals surface area contributed by atoms with Crippen LogP contribution in [0.1, 0.15) is 12.7 Å². The second-order valence-corrected chi connectivity index (χ2v) is 9.04. The fraction of sp³-hybridized carbons (Fsp3) is 0.0455. The normalized spacial score (nSPS) is 12.0. The van der Waals surface area contributed by atoms with E-state index in [0.29, 0.717) is 17.1 Å². The summed E-state index contributed by atoms with van der Waals surface area (Å²) >= 11 is 6.06. The summed E-state index contributed by atoms with van der Waals surface area (Å²) in [5.41, 5.74) is 3.60. The van der Waals surface area contributed by atoms with Gasteiger partial charge >= 0.3 is 0 Å². The number of nitro groups is 1. The van der Waals surface area contributed by atoms with Gasteiger partial charge in [-0.15, -0.1) is 0 Å². The van der Waals surface area contributed by atoms with E-state index in [-0.39, 0.29) is 21.3 Å². The first-order chi connectivity index (χ1) is 15.7. The van der Waals surface area contributed by atoms with Crippen molar-refractivity contribution in [2.45, 2.75) is 11.8 Å². The Morgan fingerprint density at radius 2 is 1.76 bits per heavy atom. The van der Waals surface area contributed by atoms with Crippen LogP contribution in [0.5, 0.6) is 0 Å². The van der Waals surface area contributed by atoms with Crippen molar-refractivity contribution in [3.63, 3.8) is 0 Å². The van der Waals surface area contributed by atoms with Gasteiger partial charge in [-0.3, -0.25) is 20.3 Å². The Morgan fingerprint density at radius 1 is 1.03 bits per heavy atom. The molecule has 0 saturated carbocycles. The van der Waals surface area contributed by atoms with Crippen LogP contribution < -0.4 is 10.1 Å². The molecule has 0 fully saturated rings. The van der Waals surface area contributed by atoms with E-state index < -0.39 is 20.6 Å². The van der Waals surface area contributed by atoms with Gasteiger partial charge in [0, 0.05) is 17.5 Å². The van der Waals surface area contributed by atoms with Crippen molar-refractivity contribution in [2.75, 3.05) is 10.1 Å². The van der Waals surface area contributed by atoms with E-state index in [9.17, 15) is 18.5 Å². The minimum Gasteiger partial charge on any atom is -0.455 e. The minimum atomic E-state index is -4.25. The summed E-state index contributed by atoms with van der Waals surface area (Å²) in [7, 11) is -4.25. The summed E-state index contributed by atoms with van der Waals surface area (Å²) in [5, 5.41) is 16.5. The molecule has 1 aromatic heterocycles. The molecule has 0 spiro atoms. The number of hydrogen-bond donors (Lipinski definition) is 2. The third-order valence-corrected chi connectivity index (χ3v) is 6.44. The van der Waals surface area contributed by atoms with E-state index in [2.05, 4.69) is 15.2 Å². The summed E-state index contributed by atoms with van der Waals surface area (Å²) < 4.78 is 34.3. The number of sulfonamides is 1. The largest absolute Gasteiger partial charge is 0.455 e. The fourth-order valence-electron chi connectivity index (χ4n) is 3.04. The molecule has 9 nitrogen and oxygen atoms in total. The number of hydrogen-bond acceptors (Lipinski definition) is 7. The van der Waals surface area contributed by atoms with Crippen LogP contribution in [-0.2, 0) is 10.0 Å². The van der Waals surface area contributed by atoms with E-state index in [1.807, 2.05) is 30.3 Å². The number of nitro benzene ring substituents is 1. The first kappa shape index (κ1) is 22.3. The third kappa shape index (κ3) is 4.81. The van der Waals surface area contributed by atoms with Crippen LogP contribution in [0.4, 0.5) is 17.1 Å². The number of benzene rings is 3. The predicted molar refractivity (Wildman–Crippen MR) is 127 cm³/mol. The zero-order valence-corrected chi connectivity index (χ0v) is 18.7. The second-order valence-electron chi connectivity index (χ2n) is 6.98. The second kappa shape index (κ2) is 8.93. The van der Waals surface area contributed by atoms with Gasteiger partial charge in [-0.1, -0.05) is 41.9 Å². The van der Waals surface area contributed by atoms with Crippen molar-refractivity contribution >= 4 is 55.4 Å². The molecule has 0 radical (unpaired) electrons. The van der Waals surface area contributed by atoms with Gasteiger partial charge in [-0.2, -0.15) is 5.10 Å². The minimum absolute atomic E-state index is 0.0376. The Kier molecular flexibility index (Phi) is 6.03. The summed E-state index contributed by atoms with van der Waals surface area (Å²) in [6, 6.07) is 18.9. The number of furan rings is 1.